The molecule has 1 amide bonds. The lowest BCUT2D eigenvalue weighted by Gasteiger charge is -2.04. The molecule has 0 aliphatic heterocycles. The summed E-state index contributed by atoms with van der Waals surface area (Å²) >= 11 is 9.33. The Labute approximate surface area is 170 Å². The van der Waals surface area contributed by atoms with Gasteiger partial charge in [-0.15, -0.1) is 0 Å². The molecule has 0 radical (unpaired) electrons. The molecule has 138 valence electrons. The van der Waals surface area contributed by atoms with Crippen LogP contribution in [0.5, 0.6) is 5.75 Å². The second kappa shape index (κ2) is 8.88. The van der Waals surface area contributed by atoms with Crippen LogP contribution in [-0.4, -0.2) is 18.7 Å². The van der Waals surface area contributed by atoms with Crippen LogP contribution in [0.15, 0.2) is 68.6 Å². The molecule has 1 N–H and O–H groups in total. The first kappa shape index (κ1) is 19.2. The summed E-state index contributed by atoms with van der Waals surface area (Å²) < 4.78 is 12.0. The van der Waals surface area contributed by atoms with E-state index in [1.165, 1.54) is 6.21 Å². The van der Waals surface area contributed by atoms with E-state index < -0.39 is 0 Å². The number of carbonyl (C=O) groups excluding carboxylic acids is 1. The standard InChI is InChI=1S/C20H16BrClN2O3/c1-13-2-8-17(18(21)10-13)19-9-7-16(27-19)11-23-24-20(25)12-26-15-5-3-14(22)4-6-15/h2-11H,12H2,1H3,(H,24,25)/b23-11-. The molecule has 3 aromatic rings. The molecule has 0 bridgehead atoms. The van der Waals surface area contributed by atoms with E-state index in [9.17, 15) is 4.79 Å². The number of benzene rings is 2. The minimum Gasteiger partial charge on any atom is -0.484 e. The summed E-state index contributed by atoms with van der Waals surface area (Å²) in [5, 5.41) is 4.48. The second-order valence-electron chi connectivity index (χ2n) is 5.72. The lowest BCUT2D eigenvalue weighted by molar-refractivity contribution is -0.123. The van der Waals surface area contributed by atoms with E-state index in [1.54, 1.807) is 30.3 Å². The summed E-state index contributed by atoms with van der Waals surface area (Å²) in [5.41, 5.74) is 4.49. The summed E-state index contributed by atoms with van der Waals surface area (Å²) in [6, 6.07) is 16.4. The van der Waals surface area contributed by atoms with Crippen LogP contribution in [0.2, 0.25) is 5.02 Å². The fourth-order valence-electron chi connectivity index (χ4n) is 2.27. The number of halogens is 2. The Kier molecular flexibility index (Phi) is 6.32. The highest BCUT2D eigenvalue weighted by Gasteiger charge is 2.08. The number of carbonyl (C=O) groups is 1. The maximum absolute atomic E-state index is 11.8. The number of nitrogens with zero attached hydrogens (tertiary/aromatic N) is 1. The highest BCUT2D eigenvalue weighted by Crippen LogP contribution is 2.30. The van der Waals surface area contributed by atoms with Gasteiger partial charge in [0, 0.05) is 15.1 Å². The minimum absolute atomic E-state index is 0.154. The van der Waals surface area contributed by atoms with Gasteiger partial charge in [-0.25, -0.2) is 5.43 Å². The average Bonchev–Trinajstić information content (AvgIpc) is 3.10. The van der Waals surface area contributed by atoms with Crippen LogP contribution in [0.1, 0.15) is 11.3 Å². The third kappa shape index (κ3) is 5.45. The summed E-state index contributed by atoms with van der Waals surface area (Å²) in [6.07, 6.45) is 1.44. The Morgan fingerprint density at radius 1 is 1.22 bits per heavy atom. The van der Waals surface area contributed by atoms with Gasteiger partial charge in [0.25, 0.3) is 5.91 Å². The van der Waals surface area contributed by atoms with Crippen molar-refractivity contribution in [1.82, 2.24) is 5.43 Å². The van der Waals surface area contributed by atoms with Gasteiger partial charge in [0.2, 0.25) is 0 Å². The normalized spacial score (nSPS) is 10.9. The van der Waals surface area contributed by atoms with Gasteiger partial charge >= 0.3 is 0 Å². The van der Waals surface area contributed by atoms with Crippen LogP contribution < -0.4 is 10.2 Å². The molecule has 0 saturated heterocycles. The summed E-state index contributed by atoms with van der Waals surface area (Å²) in [7, 11) is 0. The van der Waals surface area contributed by atoms with Gasteiger partial charge in [-0.1, -0.05) is 33.6 Å². The average molecular weight is 448 g/mol. The molecule has 2 aromatic carbocycles. The van der Waals surface area contributed by atoms with Gasteiger partial charge in [-0.2, -0.15) is 5.10 Å². The number of aryl methyl sites for hydroxylation is 1. The molecule has 3 rings (SSSR count). The van der Waals surface area contributed by atoms with Crippen molar-refractivity contribution in [3.05, 3.63) is 75.4 Å². The third-order valence-electron chi connectivity index (χ3n) is 3.58. The Morgan fingerprint density at radius 2 is 2.00 bits per heavy atom. The van der Waals surface area contributed by atoms with E-state index in [0.29, 0.717) is 22.3 Å². The molecule has 27 heavy (non-hydrogen) atoms. The first-order valence-corrected chi connectivity index (χ1v) is 9.25. The molecule has 7 heteroatoms. The molecule has 0 atom stereocenters. The number of amides is 1. The van der Waals surface area contributed by atoms with Crippen molar-refractivity contribution >= 4 is 39.7 Å². The molecule has 1 aromatic heterocycles. The predicted octanol–water partition coefficient (Wildman–Crippen LogP) is 5.20. The first-order chi connectivity index (χ1) is 13.0. The topological polar surface area (TPSA) is 63.8 Å². The SMILES string of the molecule is Cc1ccc(-c2ccc(/C=N\NC(=O)COc3ccc(Cl)cc3)o2)c(Br)c1. The van der Waals surface area contributed by atoms with Crippen LogP contribution in [-0.2, 0) is 4.79 Å². The van der Waals surface area contributed by atoms with Gasteiger partial charge in [0.15, 0.2) is 6.61 Å². The van der Waals surface area contributed by atoms with Crippen molar-refractivity contribution in [3.8, 4) is 17.1 Å². The molecule has 5 nitrogen and oxygen atoms in total. The minimum atomic E-state index is -0.380. The molecule has 0 aliphatic carbocycles. The predicted molar refractivity (Wildman–Crippen MR) is 109 cm³/mol. The zero-order valence-electron chi connectivity index (χ0n) is 14.4. The molecule has 0 unspecified atom stereocenters. The number of rotatable bonds is 6. The first-order valence-electron chi connectivity index (χ1n) is 8.08. The number of furan rings is 1. The Bertz CT molecular complexity index is 968. The third-order valence-corrected chi connectivity index (χ3v) is 4.49. The van der Waals surface area contributed by atoms with Crippen LogP contribution in [0.25, 0.3) is 11.3 Å². The van der Waals surface area contributed by atoms with Gasteiger partial charge in [0.05, 0.1) is 6.21 Å². The van der Waals surface area contributed by atoms with Crippen molar-refractivity contribution < 1.29 is 13.9 Å². The van der Waals surface area contributed by atoms with Crippen LogP contribution in [0, 0.1) is 6.92 Å². The molecule has 0 spiro atoms. The fraction of sp³-hybridized carbons (Fsp3) is 0.100. The fourth-order valence-corrected chi connectivity index (χ4v) is 3.08. The van der Waals surface area contributed by atoms with Crippen molar-refractivity contribution in [2.24, 2.45) is 5.10 Å². The Balaban J connectivity index is 1.53. The van der Waals surface area contributed by atoms with Gasteiger partial charge in [0.1, 0.15) is 17.3 Å². The maximum atomic E-state index is 11.8. The van der Waals surface area contributed by atoms with Crippen molar-refractivity contribution in [3.63, 3.8) is 0 Å². The Hall–Kier alpha value is -2.57. The number of hydrazone groups is 1. The maximum Gasteiger partial charge on any atom is 0.277 e. The van der Waals surface area contributed by atoms with Gasteiger partial charge < -0.3 is 9.15 Å². The lowest BCUT2D eigenvalue weighted by atomic mass is 10.1. The lowest BCUT2D eigenvalue weighted by Crippen LogP contribution is -2.24. The number of ether oxygens (including phenoxy) is 1. The number of hydrogen-bond donors (Lipinski definition) is 1. The van der Waals surface area contributed by atoms with Crippen LogP contribution in [0.4, 0.5) is 0 Å². The molecule has 0 saturated carbocycles. The van der Waals surface area contributed by atoms with E-state index in [-0.39, 0.29) is 12.5 Å². The molecular formula is C20H16BrClN2O3. The quantitative estimate of drug-likeness (QED) is 0.417. The van der Waals surface area contributed by atoms with E-state index in [4.69, 9.17) is 20.8 Å². The molecular weight excluding hydrogens is 432 g/mol. The van der Waals surface area contributed by atoms with Crippen molar-refractivity contribution in [2.45, 2.75) is 6.92 Å². The smallest absolute Gasteiger partial charge is 0.277 e. The van der Waals surface area contributed by atoms with E-state index >= 15 is 0 Å². The second-order valence-corrected chi connectivity index (χ2v) is 7.01. The van der Waals surface area contributed by atoms with Gasteiger partial charge in [-0.3, -0.25) is 4.79 Å². The highest BCUT2D eigenvalue weighted by molar-refractivity contribution is 9.10. The molecule has 0 aliphatic rings. The zero-order chi connectivity index (χ0) is 19.2. The van der Waals surface area contributed by atoms with E-state index in [2.05, 4.69) is 26.5 Å². The van der Waals surface area contributed by atoms with Crippen molar-refractivity contribution in [2.75, 3.05) is 6.61 Å². The summed E-state index contributed by atoms with van der Waals surface area (Å²) in [6.45, 7) is 1.87. The number of nitrogens with one attached hydrogen (secondary N) is 1. The summed E-state index contributed by atoms with van der Waals surface area (Å²) in [4.78, 5) is 11.8. The molecule has 1 heterocycles. The zero-order valence-corrected chi connectivity index (χ0v) is 16.8. The van der Waals surface area contributed by atoms with E-state index in [1.807, 2.05) is 31.2 Å². The molecule has 0 fully saturated rings. The Morgan fingerprint density at radius 3 is 2.74 bits per heavy atom. The van der Waals surface area contributed by atoms with Crippen molar-refractivity contribution in [1.29, 1.82) is 0 Å². The monoisotopic (exact) mass is 446 g/mol. The number of hydrogen-bond acceptors (Lipinski definition) is 4. The van der Waals surface area contributed by atoms with Crippen LogP contribution in [0.3, 0.4) is 0 Å². The van der Waals surface area contributed by atoms with E-state index in [0.717, 1.165) is 15.6 Å². The van der Waals surface area contributed by atoms with Gasteiger partial charge in [-0.05, 0) is 61.0 Å². The van der Waals surface area contributed by atoms with Crippen LogP contribution >= 0.6 is 27.5 Å². The highest BCUT2D eigenvalue weighted by atomic mass is 79.9. The largest absolute Gasteiger partial charge is 0.484 e. The summed E-state index contributed by atoms with van der Waals surface area (Å²) in [5.74, 6) is 1.41.